The molecule has 0 unspecified atom stereocenters. The monoisotopic (exact) mass is 436 g/mol. The van der Waals surface area contributed by atoms with Gasteiger partial charge in [-0.05, 0) is 0 Å². The summed E-state index contributed by atoms with van der Waals surface area (Å²) in [5.41, 5.74) is 1.96. The second kappa shape index (κ2) is 11.3. The first-order chi connectivity index (χ1) is 13.1. The summed E-state index contributed by atoms with van der Waals surface area (Å²) in [4.78, 5) is 23.9. The van der Waals surface area contributed by atoms with Gasteiger partial charge >= 0.3 is 166 Å². The third kappa shape index (κ3) is 7.72. The number of rotatable bonds is 10. The molecule has 0 spiro atoms. The maximum atomic E-state index is 11.9. The standard InChI is InChI=1S/C20H24N2O4Se/c1-25-17-7-3-5-15(9-17)11-21-19(23)13-27-14-20(24)22-12-16-6-4-8-18(10-16)26-2/h3-10H,11-14H2,1-2H3,(H,21,23)(H,22,24). The molecule has 0 aliphatic carbocycles. The first kappa shape index (κ1) is 20.8. The summed E-state index contributed by atoms with van der Waals surface area (Å²) >= 11 is -0.0725. The van der Waals surface area contributed by atoms with E-state index in [1.807, 2.05) is 48.5 Å². The molecule has 2 aromatic carbocycles. The fraction of sp³-hybridized carbons (Fsp3) is 0.300. The first-order valence-corrected chi connectivity index (χ1v) is 10.9. The van der Waals surface area contributed by atoms with Gasteiger partial charge in [-0.2, -0.15) is 0 Å². The van der Waals surface area contributed by atoms with Gasteiger partial charge in [0.15, 0.2) is 0 Å². The predicted octanol–water partition coefficient (Wildman–Crippen LogP) is 2.18. The van der Waals surface area contributed by atoms with Gasteiger partial charge in [0, 0.05) is 0 Å². The van der Waals surface area contributed by atoms with E-state index in [9.17, 15) is 9.59 Å². The third-order valence-corrected chi connectivity index (χ3v) is 5.67. The van der Waals surface area contributed by atoms with Gasteiger partial charge in [-0.15, -0.1) is 0 Å². The van der Waals surface area contributed by atoms with Crippen molar-refractivity contribution < 1.29 is 19.1 Å². The van der Waals surface area contributed by atoms with Crippen molar-refractivity contribution in [1.82, 2.24) is 10.6 Å². The van der Waals surface area contributed by atoms with Crippen LogP contribution in [-0.2, 0) is 22.7 Å². The Labute approximate surface area is 165 Å². The second-order valence-corrected chi connectivity index (χ2v) is 7.82. The van der Waals surface area contributed by atoms with Crippen LogP contribution in [0.25, 0.3) is 0 Å². The molecule has 7 heteroatoms. The molecule has 0 heterocycles. The minimum absolute atomic E-state index is 0.0431. The zero-order chi connectivity index (χ0) is 19.5. The van der Waals surface area contributed by atoms with Gasteiger partial charge in [0.05, 0.1) is 0 Å². The van der Waals surface area contributed by atoms with Gasteiger partial charge in [-0.3, -0.25) is 0 Å². The first-order valence-electron chi connectivity index (χ1n) is 8.47. The van der Waals surface area contributed by atoms with Crippen LogP contribution in [0.4, 0.5) is 0 Å². The number of benzene rings is 2. The Morgan fingerprint density at radius 1 is 0.815 bits per heavy atom. The zero-order valence-corrected chi connectivity index (χ0v) is 17.2. The molecule has 0 aliphatic rings. The topological polar surface area (TPSA) is 76.7 Å². The Balaban J connectivity index is 1.63. The van der Waals surface area contributed by atoms with E-state index in [2.05, 4.69) is 10.6 Å². The summed E-state index contributed by atoms with van der Waals surface area (Å²) in [7, 11) is 3.22. The number of methoxy groups -OCH3 is 2. The molecule has 144 valence electrons. The molecule has 0 saturated heterocycles. The van der Waals surface area contributed by atoms with Crippen LogP contribution in [-0.4, -0.2) is 41.0 Å². The number of amides is 2. The van der Waals surface area contributed by atoms with Crippen molar-refractivity contribution in [3.05, 3.63) is 59.7 Å². The Hall–Kier alpha value is -2.50. The van der Waals surface area contributed by atoms with Crippen molar-refractivity contribution in [3.63, 3.8) is 0 Å². The summed E-state index contributed by atoms with van der Waals surface area (Å²) in [5, 5.41) is 6.50. The van der Waals surface area contributed by atoms with Crippen LogP contribution in [0, 0.1) is 0 Å². The summed E-state index contributed by atoms with van der Waals surface area (Å²) in [5.74, 6) is 1.44. The maximum absolute atomic E-state index is 11.9. The molecule has 27 heavy (non-hydrogen) atoms. The van der Waals surface area contributed by atoms with Crippen LogP contribution in [0.2, 0.25) is 10.6 Å². The molecule has 0 atom stereocenters. The number of nitrogens with one attached hydrogen (secondary N) is 2. The number of hydrogen-bond acceptors (Lipinski definition) is 4. The average Bonchev–Trinajstić information content (AvgIpc) is 2.71. The molecule has 0 aliphatic heterocycles. The molecule has 0 bridgehead atoms. The Kier molecular flexibility index (Phi) is 8.68. The van der Waals surface area contributed by atoms with Crippen LogP contribution < -0.4 is 20.1 Å². The van der Waals surface area contributed by atoms with Crippen molar-refractivity contribution in [2.45, 2.75) is 23.7 Å². The number of carbonyl (C=O) groups is 2. The van der Waals surface area contributed by atoms with E-state index >= 15 is 0 Å². The van der Waals surface area contributed by atoms with Crippen molar-refractivity contribution in [2.75, 3.05) is 14.2 Å². The Bertz CT molecular complexity index is 704. The quantitative estimate of drug-likeness (QED) is 0.561. The van der Waals surface area contributed by atoms with E-state index in [1.54, 1.807) is 14.2 Å². The van der Waals surface area contributed by atoms with Crippen molar-refractivity contribution >= 4 is 26.8 Å². The van der Waals surface area contributed by atoms with Crippen molar-refractivity contribution in [3.8, 4) is 11.5 Å². The summed E-state index contributed by atoms with van der Waals surface area (Å²) in [6.07, 6.45) is 0. The van der Waals surface area contributed by atoms with E-state index < -0.39 is 0 Å². The number of hydrogen-bond donors (Lipinski definition) is 2. The Morgan fingerprint density at radius 3 is 1.67 bits per heavy atom. The molecular formula is C20H24N2O4Se. The number of carbonyl (C=O) groups excluding carboxylic acids is 2. The summed E-state index contributed by atoms with van der Waals surface area (Å²) < 4.78 is 10.3. The van der Waals surface area contributed by atoms with Crippen LogP contribution in [0.5, 0.6) is 11.5 Å². The molecule has 0 aromatic heterocycles. The minimum atomic E-state index is -0.0725. The normalized spacial score (nSPS) is 10.1. The van der Waals surface area contributed by atoms with Crippen molar-refractivity contribution in [2.24, 2.45) is 0 Å². The van der Waals surface area contributed by atoms with E-state index in [-0.39, 0.29) is 26.8 Å². The van der Waals surface area contributed by atoms with E-state index in [0.717, 1.165) is 22.6 Å². The van der Waals surface area contributed by atoms with Crippen LogP contribution >= 0.6 is 0 Å². The summed E-state index contributed by atoms with van der Waals surface area (Å²) in [6, 6.07) is 15.1. The fourth-order valence-electron chi connectivity index (χ4n) is 2.30. The van der Waals surface area contributed by atoms with Gasteiger partial charge in [0.25, 0.3) is 0 Å². The van der Waals surface area contributed by atoms with Gasteiger partial charge in [-0.1, -0.05) is 0 Å². The molecule has 2 aromatic rings. The van der Waals surface area contributed by atoms with Crippen LogP contribution in [0.3, 0.4) is 0 Å². The van der Waals surface area contributed by atoms with Gasteiger partial charge in [-0.25, -0.2) is 0 Å². The molecular weight excluding hydrogens is 411 g/mol. The SMILES string of the molecule is COc1cccc(CNC(=O)C[Se]CC(=O)NCc2cccc(OC)c2)c1. The average molecular weight is 435 g/mol. The van der Waals surface area contributed by atoms with Gasteiger partial charge < -0.3 is 0 Å². The summed E-state index contributed by atoms with van der Waals surface area (Å²) in [6.45, 7) is 0.905. The molecule has 2 N–H and O–H groups in total. The van der Waals surface area contributed by atoms with E-state index in [1.165, 1.54) is 0 Å². The van der Waals surface area contributed by atoms with Gasteiger partial charge in [0.1, 0.15) is 0 Å². The van der Waals surface area contributed by atoms with Gasteiger partial charge in [0.2, 0.25) is 0 Å². The fourth-order valence-corrected chi connectivity index (χ4v) is 3.72. The second-order valence-electron chi connectivity index (χ2n) is 5.75. The molecule has 0 radical (unpaired) electrons. The zero-order valence-electron chi connectivity index (χ0n) is 15.5. The van der Waals surface area contributed by atoms with Crippen LogP contribution in [0.1, 0.15) is 11.1 Å². The van der Waals surface area contributed by atoms with E-state index in [4.69, 9.17) is 9.47 Å². The molecule has 0 fully saturated rings. The number of ether oxygens (including phenoxy) is 2. The molecule has 6 nitrogen and oxygen atoms in total. The van der Waals surface area contributed by atoms with Crippen LogP contribution in [0.15, 0.2) is 48.5 Å². The molecule has 0 saturated carbocycles. The molecule has 2 amide bonds. The third-order valence-electron chi connectivity index (χ3n) is 3.71. The molecule has 2 rings (SSSR count). The van der Waals surface area contributed by atoms with Crippen molar-refractivity contribution in [1.29, 1.82) is 0 Å². The predicted molar refractivity (Wildman–Crippen MR) is 105 cm³/mol. The van der Waals surface area contributed by atoms with E-state index in [0.29, 0.717) is 23.7 Å². The Morgan fingerprint density at radius 2 is 1.26 bits per heavy atom.